The van der Waals surface area contributed by atoms with Gasteiger partial charge in [-0.2, -0.15) is 0 Å². The van der Waals surface area contributed by atoms with Gasteiger partial charge in [-0.3, -0.25) is 0 Å². The molecular formula is C24H39NO. The second-order valence-electron chi connectivity index (χ2n) is 8.90. The Bertz CT molecular complexity index is 520. The van der Waals surface area contributed by atoms with Gasteiger partial charge in [0, 0.05) is 13.2 Å². The van der Waals surface area contributed by atoms with E-state index in [0.29, 0.717) is 0 Å². The quantitative estimate of drug-likeness (QED) is 0.523. The summed E-state index contributed by atoms with van der Waals surface area (Å²) in [5.41, 5.74) is 1.33. The number of benzene rings is 1. The molecule has 1 aliphatic heterocycles. The average molecular weight is 358 g/mol. The van der Waals surface area contributed by atoms with Crippen LogP contribution in [0.5, 0.6) is 0 Å². The van der Waals surface area contributed by atoms with Crippen LogP contribution >= 0.6 is 0 Å². The minimum atomic E-state index is 0.0604. The third-order valence-electron chi connectivity index (χ3n) is 5.58. The summed E-state index contributed by atoms with van der Waals surface area (Å²) in [6, 6.07) is 10.5. The molecule has 2 rings (SSSR count). The Morgan fingerprint density at radius 3 is 2.62 bits per heavy atom. The van der Waals surface area contributed by atoms with Crippen molar-refractivity contribution in [1.82, 2.24) is 5.32 Å². The van der Waals surface area contributed by atoms with E-state index in [0.717, 1.165) is 37.5 Å². The molecule has 1 aromatic carbocycles. The van der Waals surface area contributed by atoms with Gasteiger partial charge in [0.05, 0.1) is 5.60 Å². The van der Waals surface area contributed by atoms with Gasteiger partial charge in [-0.1, -0.05) is 62.8 Å². The predicted molar refractivity (Wildman–Crippen MR) is 113 cm³/mol. The Balaban J connectivity index is 1.76. The second-order valence-corrected chi connectivity index (χ2v) is 8.90. The maximum absolute atomic E-state index is 5.95. The number of ether oxygens (including phenoxy) is 1. The molecular weight excluding hydrogens is 318 g/mol. The number of nitrogens with one attached hydrogen (secondary N) is 1. The highest BCUT2D eigenvalue weighted by atomic mass is 16.5. The van der Waals surface area contributed by atoms with Crippen molar-refractivity contribution in [1.29, 1.82) is 0 Å². The fraction of sp³-hybridized carbons (Fsp3) is 0.667. The van der Waals surface area contributed by atoms with Crippen LogP contribution in [0.4, 0.5) is 0 Å². The second kappa shape index (κ2) is 10.9. The third kappa shape index (κ3) is 8.05. The maximum atomic E-state index is 5.95. The molecule has 0 bridgehead atoms. The van der Waals surface area contributed by atoms with Crippen LogP contribution < -0.4 is 5.32 Å². The Hall–Kier alpha value is -1.12. The largest absolute Gasteiger partial charge is 0.376 e. The van der Waals surface area contributed by atoms with E-state index in [4.69, 9.17) is 4.74 Å². The van der Waals surface area contributed by atoms with Crippen LogP contribution in [0.15, 0.2) is 36.4 Å². The molecule has 1 aromatic rings. The lowest BCUT2D eigenvalue weighted by atomic mass is 9.75. The van der Waals surface area contributed by atoms with E-state index in [1.165, 1.54) is 37.7 Å². The normalized spacial score (nSPS) is 21.3. The van der Waals surface area contributed by atoms with Gasteiger partial charge in [0.2, 0.25) is 0 Å². The molecule has 2 atom stereocenters. The van der Waals surface area contributed by atoms with Crippen molar-refractivity contribution >= 4 is 6.08 Å². The molecule has 0 aliphatic carbocycles. The number of rotatable bonds is 10. The van der Waals surface area contributed by atoms with Crippen LogP contribution in [0, 0.1) is 17.8 Å². The first-order valence-electron chi connectivity index (χ1n) is 10.5. The molecule has 1 heterocycles. The van der Waals surface area contributed by atoms with E-state index in [1.54, 1.807) is 0 Å². The highest BCUT2D eigenvalue weighted by Crippen LogP contribution is 2.37. The van der Waals surface area contributed by atoms with Crippen molar-refractivity contribution in [2.75, 3.05) is 19.7 Å². The van der Waals surface area contributed by atoms with E-state index in [2.05, 4.69) is 75.5 Å². The van der Waals surface area contributed by atoms with Crippen molar-refractivity contribution in [3.63, 3.8) is 0 Å². The van der Waals surface area contributed by atoms with Gasteiger partial charge in [-0.05, 0) is 69.4 Å². The molecule has 0 spiro atoms. The highest BCUT2D eigenvalue weighted by molar-refractivity contribution is 5.48. The first-order valence-corrected chi connectivity index (χ1v) is 10.5. The lowest BCUT2D eigenvalue weighted by molar-refractivity contribution is -0.0839. The fourth-order valence-electron chi connectivity index (χ4n) is 4.08. The molecule has 0 aromatic heterocycles. The molecule has 2 nitrogen and oxygen atoms in total. The Kier molecular flexibility index (Phi) is 8.87. The maximum Gasteiger partial charge on any atom is 0.0629 e. The van der Waals surface area contributed by atoms with E-state index in [9.17, 15) is 0 Å². The van der Waals surface area contributed by atoms with E-state index >= 15 is 0 Å². The molecule has 0 radical (unpaired) electrons. The van der Waals surface area contributed by atoms with Crippen LogP contribution in [0.25, 0.3) is 6.08 Å². The first kappa shape index (κ1) is 21.2. The third-order valence-corrected chi connectivity index (χ3v) is 5.58. The van der Waals surface area contributed by atoms with Gasteiger partial charge in [0.25, 0.3) is 0 Å². The standard InChI is InChI=1S/C24H39NO/c1-20(2)12-13-22(23-15-18-26-24(3,4)19-23)14-17-25-16-8-11-21-9-6-5-7-10-21/h5-11,20,22-23,25H,12-19H2,1-4H3. The number of hydrogen-bond donors (Lipinski definition) is 1. The molecule has 1 N–H and O–H groups in total. The summed E-state index contributed by atoms with van der Waals surface area (Å²) in [5, 5.41) is 3.62. The van der Waals surface area contributed by atoms with E-state index in [1.807, 2.05) is 0 Å². The lowest BCUT2D eigenvalue weighted by Crippen LogP contribution is -2.37. The van der Waals surface area contributed by atoms with Gasteiger partial charge < -0.3 is 10.1 Å². The summed E-state index contributed by atoms with van der Waals surface area (Å²) >= 11 is 0. The van der Waals surface area contributed by atoms with Crippen molar-refractivity contribution in [2.45, 2.75) is 65.4 Å². The van der Waals surface area contributed by atoms with Crippen LogP contribution in [0.2, 0.25) is 0 Å². The number of hydrogen-bond acceptors (Lipinski definition) is 2. The Labute approximate surface area is 161 Å². The average Bonchev–Trinajstić information content (AvgIpc) is 2.60. The summed E-state index contributed by atoms with van der Waals surface area (Å²) in [7, 11) is 0. The Morgan fingerprint density at radius 2 is 1.92 bits per heavy atom. The molecule has 26 heavy (non-hydrogen) atoms. The first-order chi connectivity index (χ1) is 12.5. The van der Waals surface area contributed by atoms with Crippen LogP contribution in [-0.4, -0.2) is 25.3 Å². The van der Waals surface area contributed by atoms with Gasteiger partial charge in [0.15, 0.2) is 0 Å². The zero-order valence-electron chi connectivity index (χ0n) is 17.3. The molecule has 0 saturated carbocycles. The van der Waals surface area contributed by atoms with Crippen molar-refractivity contribution < 1.29 is 4.74 Å². The smallest absolute Gasteiger partial charge is 0.0629 e. The highest BCUT2D eigenvalue weighted by Gasteiger charge is 2.33. The van der Waals surface area contributed by atoms with Crippen LogP contribution in [0.3, 0.4) is 0 Å². The zero-order chi connectivity index (χ0) is 18.8. The van der Waals surface area contributed by atoms with E-state index < -0.39 is 0 Å². The van der Waals surface area contributed by atoms with Gasteiger partial charge in [-0.25, -0.2) is 0 Å². The summed E-state index contributed by atoms with van der Waals surface area (Å²) in [5.74, 6) is 2.44. The Morgan fingerprint density at radius 1 is 1.15 bits per heavy atom. The minimum Gasteiger partial charge on any atom is -0.376 e. The summed E-state index contributed by atoms with van der Waals surface area (Å²) in [6.45, 7) is 12.2. The molecule has 0 amide bonds. The molecule has 146 valence electrons. The monoisotopic (exact) mass is 357 g/mol. The molecule has 1 fully saturated rings. The molecule has 1 aliphatic rings. The van der Waals surface area contributed by atoms with Gasteiger partial charge >= 0.3 is 0 Å². The molecule has 1 saturated heterocycles. The summed E-state index contributed by atoms with van der Waals surface area (Å²) in [4.78, 5) is 0. The SMILES string of the molecule is CC(C)CCC(CCNCC=Cc1ccccc1)C1CCOC(C)(C)C1. The topological polar surface area (TPSA) is 21.3 Å². The van der Waals surface area contributed by atoms with Gasteiger partial charge in [0.1, 0.15) is 0 Å². The zero-order valence-corrected chi connectivity index (χ0v) is 17.3. The fourth-order valence-corrected chi connectivity index (χ4v) is 4.08. The van der Waals surface area contributed by atoms with Gasteiger partial charge in [-0.15, -0.1) is 0 Å². The van der Waals surface area contributed by atoms with Crippen LogP contribution in [-0.2, 0) is 4.74 Å². The van der Waals surface area contributed by atoms with Crippen molar-refractivity contribution in [2.24, 2.45) is 17.8 Å². The molecule has 2 heteroatoms. The predicted octanol–water partition coefficient (Wildman–Crippen LogP) is 5.94. The van der Waals surface area contributed by atoms with Crippen LogP contribution in [0.1, 0.15) is 65.4 Å². The summed E-state index contributed by atoms with van der Waals surface area (Å²) < 4.78 is 5.95. The minimum absolute atomic E-state index is 0.0604. The lowest BCUT2D eigenvalue weighted by Gasteiger charge is -2.39. The van der Waals surface area contributed by atoms with E-state index in [-0.39, 0.29) is 5.60 Å². The summed E-state index contributed by atoms with van der Waals surface area (Å²) in [6.07, 6.45) is 10.9. The van der Waals surface area contributed by atoms with Crippen molar-refractivity contribution in [3.8, 4) is 0 Å². The molecule has 2 unspecified atom stereocenters. The van der Waals surface area contributed by atoms with Crippen molar-refractivity contribution in [3.05, 3.63) is 42.0 Å².